The van der Waals surface area contributed by atoms with Crippen LogP contribution in [0.5, 0.6) is 11.5 Å². The number of nitro benzene ring substituents is 1. The van der Waals surface area contributed by atoms with Crippen LogP contribution in [0.1, 0.15) is 18.1 Å². The Morgan fingerprint density at radius 3 is 2.62 bits per heavy atom. The van der Waals surface area contributed by atoms with Crippen molar-refractivity contribution in [1.29, 1.82) is 0 Å². The number of non-ortho nitro benzene ring substituents is 1. The van der Waals surface area contributed by atoms with Gasteiger partial charge in [-0.1, -0.05) is 0 Å². The maximum Gasteiger partial charge on any atom is 0.363 e. The first kappa shape index (κ1) is 23.2. The number of esters is 2. The fourth-order valence-corrected chi connectivity index (χ4v) is 3.49. The summed E-state index contributed by atoms with van der Waals surface area (Å²) < 4.78 is 21.6. The normalized spacial score (nSPS) is 14.0. The highest BCUT2D eigenvalue weighted by molar-refractivity contribution is 14.1. The number of ether oxygens (including phenoxy) is 4. The molecule has 0 radical (unpaired) electrons. The minimum atomic E-state index is -0.657. The molecule has 11 heteroatoms. The van der Waals surface area contributed by atoms with Crippen LogP contribution in [-0.2, 0) is 19.1 Å². The van der Waals surface area contributed by atoms with Gasteiger partial charge >= 0.3 is 11.9 Å². The molecule has 0 spiro atoms. The smallest absolute Gasteiger partial charge is 0.363 e. The topological polar surface area (TPSA) is 127 Å². The van der Waals surface area contributed by atoms with Crippen LogP contribution in [0.4, 0.5) is 5.69 Å². The predicted molar refractivity (Wildman–Crippen MR) is 122 cm³/mol. The quantitative estimate of drug-likeness (QED) is 0.160. The number of nitro groups is 1. The van der Waals surface area contributed by atoms with Crippen molar-refractivity contribution >= 4 is 52.2 Å². The number of rotatable bonds is 8. The molecule has 0 aliphatic carbocycles. The number of nitrogens with zero attached hydrogens (tertiary/aromatic N) is 2. The molecule has 0 amide bonds. The highest BCUT2D eigenvalue weighted by atomic mass is 127. The van der Waals surface area contributed by atoms with E-state index < -0.39 is 16.9 Å². The molecule has 0 saturated carbocycles. The number of halogens is 1. The first-order chi connectivity index (χ1) is 15.3. The van der Waals surface area contributed by atoms with Gasteiger partial charge in [0.25, 0.3) is 5.69 Å². The average molecular weight is 552 g/mol. The molecule has 0 fully saturated rings. The van der Waals surface area contributed by atoms with E-state index in [0.29, 0.717) is 26.2 Å². The van der Waals surface area contributed by atoms with Crippen molar-refractivity contribution in [3.05, 3.63) is 66.9 Å². The summed E-state index contributed by atoms with van der Waals surface area (Å²) in [5.74, 6) is -0.383. The molecule has 1 heterocycles. The van der Waals surface area contributed by atoms with Gasteiger partial charge in [-0.2, -0.15) is 0 Å². The third-order valence-corrected chi connectivity index (χ3v) is 4.94. The molecule has 0 saturated heterocycles. The maximum absolute atomic E-state index is 12.3. The lowest BCUT2D eigenvalue weighted by atomic mass is 10.1. The van der Waals surface area contributed by atoms with E-state index >= 15 is 0 Å². The largest absolute Gasteiger partial charge is 0.493 e. The second-order valence-electron chi connectivity index (χ2n) is 6.27. The molecule has 166 valence electrons. The van der Waals surface area contributed by atoms with Crippen LogP contribution in [0, 0.1) is 13.7 Å². The SMILES string of the molecule is CCOC(=O)COc1c(I)cc(/C=C2\N=C(c3ccc([N+](=O)[O-])cc3)OC2=O)cc1OC. The van der Waals surface area contributed by atoms with Crippen molar-refractivity contribution < 1.29 is 33.5 Å². The van der Waals surface area contributed by atoms with Gasteiger partial charge < -0.3 is 18.9 Å². The molecule has 3 rings (SSSR count). The van der Waals surface area contributed by atoms with E-state index in [0.717, 1.165) is 0 Å². The summed E-state index contributed by atoms with van der Waals surface area (Å²) >= 11 is 2.02. The van der Waals surface area contributed by atoms with Gasteiger partial charge in [0.05, 0.1) is 22.2 Å². The van der Waals surface area contributed by atoms with E-state index in [9.17, 15) is 19.7 Å². The maximum atomic E-state index is 12.3. The third kappa shape index (κ3) is 5.41. The van der Waals surface area contributed by atoms with Gasteiger partial charge in [0.2, 0.25) is 5.90 Å². The molecule has 10 nitrogen and oxygen atoms in total. The Balaban J connectivity index is 1.85. The molecule has 0 unspecified atom stereocenters. The zero-order valence-corrected chi connectivity index (χ0v) is 19.2. The molecule has 2 aromatic rings. The van der Waals surface area contributed by atoms with E-state index in [1.54, 1.807) is 19.1 Å². The third-order valence-electron chi connectivity index (χ3n) is 4.14. The molecule has 0 N–H and O–H groups in total. The van der Waals surface area contributed by atoms with E-state index in [-0.39, 0.29) is 30.5 Å². The molecule has 0 atom stereocenters. The summed E-state index contributed by atoms with van der Waals surface area (Å²) in [5, 5.41) is 10.8. The van der Waals surface area contributed by atoms with Gasteiger partial charge in [0.1, 0.15) is 0 Å². The monoisotopic (exact) mass is 552 g/mol. The van der Waals surface area contributed by atoms with Crippen LogP contribution in [0.15, 0.2) is 47.1 Å². The van der Waals surface area contributed by atoms with Crippen molar-refractivity contribution in [2.45, 2.75) is 6.92 Å². The van der Waals surface area contributed by atoms with Crippen molar-refractivity contribution in [1.82, 2.24) is 0 Å². The Morgan fingerprint density at radius 1 is 1.28 bits per heavy atom. The van der Waals surface area contributed by atoms with E-state index in [2.05, 4.69) is 4.99 Å². The summed E-state index contributed by atoms with van der Waals surface area (Å²) in [7, 11) is 1.45. The fraction of sp³-hybridized carbons (Fsp3) is 0.190. The Bertz CT molecular complexity index is 1130. The second-order valence-corrected chi connectivity index (χ2v) is 7.43. The summed E-state index contributed by atoms with van der Waals surface area (Å²) in [4.78, 5) is 38.3. The first-order valence-electron chi connectivity index (χ1n) is 9.25. The Labute approximate surface area is 196 Å². The van der Waals surface area contributed by atoms with Gasteiger partial charge in [-0.25, -0.2) is 14.6 Å². The van der Waals surface area contributed by atoms with Crippen molar-refractivity contribution in [2.75, 3.05) is 20.3 Å². The number of cyclic esters (lactones) is 1. The highest BCUT2D eigenvalue weighted by Crippen LogP contribution is 2.35. The Morgan fingerprint density at radius 2 is 2.00 bits per heavy atom. The van der Waals surface area contributed by atoms with Crippen LogP contribution in [-0.4, -0.2) is 43.1 Å². The van der Waals surface area contributed by atoms with Crippen molar-refractivity contribution in [3.8, 4) is 11.5 Å². The van der Waals surface area contributed by atoms with Crippen LogP contribution < -0.4 is 9.47 Å². The standard InChI is InChI=1S/C21H17IN2O8/c1-3-30-18(25)11-31-19-15(22)8-12(10-17(19)29-2)9-16-21(26)32-20(23-16)13-4-6-14(7-5-13)24(27)28/h4-10H,3,11H2,1-2H3/b16-9-. The lowest BCUT2D eigenvalue weighted by molar-refractivity contribution is -0.384. The van der Waals surface area contributed by atoms with Crippen LogP contribution in [0.25, 0.3) is 6.08 Å². The number of carbonyl (C=O) groups excluding carboxylic acids is 2. The molecular formula is C21H17IN2O8. The number of hydrogen-bond donors (Lipinski definition) is 0. The summed E-state index contributed by atoms with van der Waals surface area (Å²) in [5.41, 5.74) is 0.996. The fourth-order valence-electron chi connectivity index (χ4n) is 2.71. The van der Waals surface area contributed by atoms with Gasteiger partial charge in [-0.15, -0.1) is 0 Å². The van der Waals surface area contributed by atoms with Crippen molar-refractivity contribution in [3.63, 3.8) is 0 Å². The number of carbonyl (C=O) groups is 2. The predicted octanol–water partition coefficient (Wildman–Crippen LogP) is 3.49. The number of hydrogen-bond acceptors (Lipinski definition) is 9. The van der Waals surface area contributed by atoms with Crippen LogP contribution >= 0.6 is 22.6 Å². The lowest BCUT2D eigenvalue weighted by Crippen LogP contribution is -2.15. The average Bonchev–Trinajstić information content (AvgIpc) is 3.13. The highest BCUT2D eigenvalue weighted by Gasteiger charge is 2.25. The van der Waals surface area contributed by atoms with E-state index in [1.807, 2.05) is 22.6 Å². The van der Waals surface area contributed by atoms with Gasteiger partial charge in [0, 0.05) is 17.7 Å². The Kier molecular flexibility index (Phi) is 7.41. The molecule has 1 aliphatic rings. The van der Waals surface area contributed by atoms with Crippen molar-refractivity contribution in [2.24, 2.45) is 4.99 Å². The zero-order valence-electron chi connectivity index (χ0n) is 17.0. The van der Waals surface area contributed by atoms with Crippen LogP contribution in [0.3, 0.4) is 0 Å². The van der Waals surface area contributed by atoms with Gasteiger partial charge in [-0.05, 0) is 65.4 Å². The second kappa shape index (κ2) is 10.2. The first-order valence-corrected chi connectivity index (χ1v) is 10.3. The van der Waals surface area contributed by atoms with E-state index in [4.69, 9.17) is 18.9 Å². The molecule has 0 aromatic heterocycles. The van der Waals surface area contributed by atoms with Crippen LogP contribution in [0.2, 0.25) is 0 Å². The summed E-state index contributed by atoms with van der Waals surface area (Å²) in [6.45, 7) is 1.69. The number of benzene rings is 2. The molecule has 0 bridgehead atoms. The molecular weight excluding hydrogens is 535 g/mol. The minimum Gasteiger partial charge on any atom is -0.493 e. The van der Waals surface area contributed by atoms with E-state index in [1.165, 1.54) is 37.5 Å². The summed E-state index contributed by atoms with van der Waals surface area (Å²) in [6, 6.07) is 8.86. The molecule has 32 heavy (non-hydrogen) atoms. The minimum absolute atomic E-state index is 0.0483. The van der Waals surface area contributed by atoms with Gasteiger partial charge in [-0.3, -0.25) is 10.1 Å². The Hall–Kier alpha value is -3.48. The molecule has 2 aromatic carbocycles. The lowest BCUT2D eigenvalue weighted by Gasteiger charge is -2.13. The summed E-state index contributed by atoms with van der Waals surface area (Å²) in [6.07, 6.45) is 1.51. The number of aliphatic imine (C=N–C) groups is 1. The molecule has 1 aliphatic heterocycles. The zero-order chi connectivity index (χ0) is 23.3. The van der Waals surface area contributed by atoms with Gasteiger partial charge in [0.15, 0.2) is 23.8 Å². The number of methoxy groups -OCH3 is 1.